The molecule has 0 saturated heterocycles. The van der Waals surface area contributed by atoms with Gasteiger partial charge in [-0.15, -0.1) is 11.3 Å². The van der Waals surface area contributed by atoms with Crippen LogP contribution in [-0.2, 0) is 13.0 Å². The number of nitrogens with zero attached hydrogens (tertiary/aromatic N) is 2. The van der Waals surface area contributed by atoms with Crippen LogP contribution in [0.2, 0.25) is 0 Å². The predicted octanol–water partition coefficient (Wildman–Crippen LogP) is 3.99. The summed E-state index contributed by atoms with van der Waals surface area (Å²) in [6.45, 7) is 6.30. The fraction of sp³-hybridized carbons (Fsp3) is 0.368. The number of aromatic nitrogens is 2. The van der Waals surface area contributed by atoms with Gasteiger partial charge in [-0.1, -0.05) is 19.9 Å². The number of rotatable bonds is 3. The van der Waals surface area contributed by atoms with Gasteiger partial charge in [0.05, 0.1) is 15.9 Å². The lowest BCUT2D eigenvalue weighted by Crippen LogP contribution is -2.24. The summed E-state index contributed by atoms with van der Waals surface area (Å²) in [5, 5.41) is 2.91. The lowest BCUT2D eigenvalue weighted by molar-refractivity contribution is 0.103. The number of likely N-dealkylation sites (N-methyl/N-ethyl adjacent to an activating group) is 1. The first-order valence-electron chi connectivity index (χ1n) is 8.61. The Bertz CT molecular complexity index is 940. The van der Waals surface area contributed by atoms with E-state index in [0.717, 1.165) is 35.4 Å². The molecular formula is C19H22N4OS. The summed E-state index contributed by atoms with van der Waals surface area (Å²) in [4.78, 5) is 24.6. The van der Waals surface area contributed by atoms with Crippen molar-refractivity contribution in [3.63, 3.8) is 0 Å². The Morgan fingerprint density at radius 3 is 3.00 bits per heavy atom. The van der Waals surface area contributed by atoms with Gasteiger partial charge in [0.1, 0.15) is 0 Å². The van der Waals surface area contributed by atoms with E-state index in [1.165, 1.54) is 16.0 Å². The molecule has 0 saturated carbocycles. The van der Waals surface area contributed by atoms with Crippen LogP contribution in [0.1, 0.15) is 45.4 Å². The van der Waals surface area contributed by atoms with Crippen molar-refractivity contribution >= 4 is 34.2 Å². The van der Waals surface area contributed by atoms with Crippen LogP contribution >= 0.6 is 11.3 Å². The second-order valence-corrected chi connectivity index (χ2v) is 8.15. The van der Waals surface area contributed by atoms with E-state index in [4.69, 9.17) is 0 Å². The number of hydrogen-bond donors (Lipinski definition) is 2. The van der Waals surface area contributed by atoms with Gasteiger partial charge in [0.15, 0.2) is 0 Å². The fourth-order valence-electron chi connectivity index (χ4n) is 3.17. The molecule has 3 aromatic rings. The summed E-state index contributed by atoms with van der Waals surface area (Å²) in [6, 6.07) is 8.21. The van der Waals surface area contributed by atoms with Crippen LogP contribution in [0, 0.1) is 0 Å². The first-order chi connectivity index (χ1) is 12.0. The quantitative estimate of drug-likeness (QED) is 0.748. The normalized spacial score (nSPS) is 14.9. The van der Waals surface area contributed by atoms with Gasteiger partial charge in [0.25, 0.3) is 5.91 Å². The Labute approximate surface area is 151 Å². The maximum atomic E-state index is 12.6. The summed E-state index contributed by atoms with van der Waals surface area (Å²) < 4.78 is 0. The first kappa shape index (κ1) is 16.3. The molecule has 2 aromatic heterocycles. The Balaban J connectivity index is 1.55. The molecule has 6 heteroatoms. The maximum absolute atomic E-state index is 12.6. The van der Waals surface area contributed by atoms with Gasteiger partial charge in [0, 0.05) is 18.0 Å². The summed E-state index contributed by atoms with van der Waals surface area (Å²) in [7, 11) is 2.11. The van der Waals surface area contributed by atoms with E-state index in [1.807, 2.05) is 12.1 Å². The molecule has 1 aliphatic heterocycles. The molecule has 0 unspecified atom stereocenters. The van der Waals surface area contributed by atoms with Crippen molar-refractivity contribution in [1.82, 2.24) is 14.9 Å². The fourth-order valence-corrected chi connectivity index (χ4v) is 4.36. The highest BCUT2D eigenvalue weighted by Crippen LogP contribution is 2.28. The van der Waals surface area contributed by atoms with Gasteiger partial charge in [-0.2, -0.15) is 0 Å². The van der Waals surface area contributed by atoms with Crippen molar-refractivity contribution in [2.45, 2.75) is 32.7 Å². The molecule has 0 fully saturated rings. The molecule has 1 amide bonds. The number of thiophene rings is 1. The van der Waals surface area contributed by atoms with Crippen molar-refractivity contribution in [3.8, 4) is 0 Å². The Morgan fingerprint density at radius 1 is 1.36 bits per heavy atom. The van der Waals surface area contributed by atoms with E-state index in [1.54, 1.807) is 11.3 Å². The third-order valence-electron chi connectivity index (χ3n) is 4.70. The number of anilines is 1. The average Bonchev–Trinajstić information content (AvgIpc) is 3.16. The number of imidazole rings is 1. The highest BCUT2D eigenvalue weighted by Gasteiger charge is 2.20. The average molecular weight is 354 g/mol. The summed E-state index contributed by atoms with van der Waals surface area (Å²) in [6.07, 6.45) is 1.01. The topological polar surface area (TPSA) is 61.0 Å². The molecule has 2 N–H and O–H groups in total. The van der Waals surface area contributed by atoms with E-state index < -0.39 is 0 Å². The predicted molar refractivity (Wildman–Crippen MR) is 102 cm³/mol. The van der Waals surface area contributed by atoms with E-state index in [2.05, 4.69) is 53.2 Å². The number of fused-ring (bicyclic) bond motifs is 2. The zero-order valence-electron chi connectivity index (χ0n) is 14.7. The monoisotopic (exact) mass is 354 g/mol. The van der Waals surface area contributed by atoms with Crippen molar-refractivity contribution in [2.24, 2.45) is 0 Å². The summed E-state index contributed by atoms with van der Waals surface area (Å²) in [5.41, 5.74) is 4.38. The minimum Gasteiger partial charge on any atom is -0.324 e. The van der Waals surface area contributed by atoms with Crippen LogP contribution in [0.4, 0.5) is 5.95 Å². The van der Waals surface area contributed by atoms with Crippen LogP contribution in [0.15, 0.2) is 24.3 Å². The molecule has 25 heavy (non-hydrogen) atoms. The third-order valence-corrected chi connectivity index (χ3v) is 5.86. The number of benzene rings is 1. The molecule has 5 nitrogen and oxygen atoms in total. The smallest absolute Gasteiger partial charge is 0.268 e. The molecule has 4 rings (SSSR count). The van der Waals surface area contributed by atoms with Gasteiger partial charge in [0.2, 0.25) is 5.95 Å². The maximum Gasteiger partial charge on any atom is 0.268 e. The van der Waals surface area contributed by atoms with Gasteiger partial charge in [-0.3, -0.25) is 10.1 Å². The minimum atomic E-state index is -0.0924. The van der Waals surface area contributed by atoms with Crippen LogP contribution in [0.3, 0.4) is 0 Å². The van der Waals surface area contributed by atoms with E-state index >= 15 is 0 Å². The standard InChI is InChI=1S/C19H22N4OS/c1-11(2)12-4-5-14-15(8-12)21-19(20-14)22-18(24)16-9-13-6-7-23(3)10-17(13)25-16/h4-5,8-9,11H,6-7,10H2,1-3H3,(H2,20,21,22,24). The number of H-pyrrole nitrogens is 1. The van der Waals surface area contributed by atoms with Crippen molar-refractivity contribution in [2.75, 3.05) is 18.9 Å². The first-order valence-corrected chi connectivity index (χ1v) is 9.42. The molecule has 0 atom stereocenters. The summed E-state index contributed by atoms with van der Waals surface area (Å²) in [5.74, 6) is 0.871. The molecule has 1 aromatic carbocycles. The Kier molecular flexibility index (Phi) is 4.09. The second kappa shape index (κ2) is 6.28. The van der Waals surface area contributed by atoms with Crippen LogP contribution in [-0.4, -0.2) is 34.4 Å². The van der Waals surface area contributed by atoms with Crippen molar-refractivity contribution in [1.29, 1.82) is 0 Å². The molecule has 0 spiro atoms. The minimum absolute atomic E-state index is 0.0924. The van der Waals surface area contributed by atoms with Gasteiger partial charge < -0.3 is 9.88 Å². The second-order valence-electron chi connectivity index (χ2n) is 7.02. The number of carbonyl (C=O) groups is 1. The number of hydrogen-bond acceptors (Lipinski definition) is 4. The number of aromatic amines is 1. The van der Waals surface area contributed by atoms with E-state index in [9.17, 15) is 4.79 Å². The van der Waals surface area contributed by atoms with E-state index in [-0.39, 0.29) is 5.91 Å². The highest BCUT2D eigenvalue weighted by atomic mass is 32.1. The molecule has 1 aliphatic rings. The van der Waals surface area contributed by atoms with Gasteiger partial charge in [-0.05, 0) is 48.7 Å². The molecule has 0 aliphatic carbocycles. The van der Waals surface area contributed by atoms with Gasteiger partial charge in [-0.25, -0.2) is 4.98 Å². The van der Waals surface area contributed by atoms with Crippen LogP contribution in [0.5, 0.6) is 0 Å². The molecule has 130 valence electrons. The van der Waals surface area contributed by atoms with Crippen molar-refractivity contribution in [3.05, 3.63) is 45.1 Å². The van der Waals surface area contributed by atoms with Crippen molar-refractivity contribution < 1.29 is 4.79 Å². The molecule has 0 bridgehead atoms. The molecule has 0 radical (unpaired) electrons. The summed E-state index contributed by atoms with van der Waals surface area (Å²) >= 11 is 1.58. The zero-order chi connectivity index (χ0) is 17.6. The van der Waals surface area contributed by atoms with Crippen LogP contribution < -0.4 is 5.32 Å². The van der Waals surface area contributed by atoms with Crippen LogP contribution in [0.25, 0.3) is 11.0 Å². The lowest BCUT2D eigenvalue weighted by Gasteiger charge is -2.21. The SMILES string of the molecule is CC(C)c1ccc2nc(NC(=O)c3cc4c(s3)CN(C)CC4)[nH]c2c1. The number of amides is 1. The third kappa shape index (κ3) is 3.19. The number of nitrogens with one attached hydrogen (secondary N) is 2. The molecular weight excluding hydrogens is 332 g/mol. The Morgan fingerprint density at radius 2 is 2.20 bits per heavy atom. The lowest BCUT2D eigenvalue weighted by atomic mass is 10.0. The number of carbonyl (C=O) groups excluding carboxylic acids is 1. The highest BCUT2D eigenvalue weighted by molar-refractivity contribution is 7.14. The largest absolute Gasteiger partial charge is 0.324 e. The van der Waals surface area contributed by atoms with E-state index in [0.29, 0.717) is 11.9 Å². The zero-order valence-corrected chi connectivity index (χ0v) is 15.5. The van der Waals surface area contributed by atoms with Gasteiger partial charge >= 0.3 is 0 Å². The Hall–Kier alpha value is -2.18. The molecule has 3 heterocycles.